The molecule has 2 aliphatic rings. The summed E-state index contributed by atoms with van der Waals surface area (Å²) in [5.74, 6) is -0.115. The molecule has 72 valence electrons. The Labute approximate surface area is 76.9 Å². The molecule has 0 radical (unpaired) electrons. The fourth-order valence-corrected chi connectivity index (χ4v) is 1.95. The molecule has 13 heavy (non-hydrogen) atoms. The van der Waals surface area contributed by atoms with Crippen LogP contribution in [0.5, 0.6) is 0 Å². The van der Waals surface area contributed by atoms with E-state index in [2.05, 4.69) is 5.16 Å². The Hall–Kier alpha value is -1.06. The minimum atomic E-state index is -0.308. The van der Waals surface area contributed by atoms with Crippen molar-refractivity contribution >= 4 is 11.7 Å². The van der Waals surface area contributed by atoms with Gasteiger partial charge in [-0.1, -0.05) is 5.16 Å². The third-order valence-corrected chi connectivity index (χ3v) is 2.57. The van der Waals surface area contributed by atoms with E-state index in [0.29, 0.717) is 12.3 Å². The van der Waals surface area contributed by atoms with Crippen LogP contribution in [0.25, 0.3) is 0 Å². The maximum Gasteiger partial charge on any atom is 0.356 e. The second-order valence-electron chi connectivity index (χ2n) is 3.38. The van der Waals surface area contributed by atoms with E-state index < -0.39 is 0 Å². The van der Waals surface area contributed by atoms with Crippen LogP contribution in [0.2, 0.25) is 0 Å². The van der Waals surface area contributed by atoms with E-state index in [4.69, 9.17) is 9.57 Å². The van der Waals surface area contributed by atoms with Crippen LogP contribution in [0, 0.1) is 5.92 Å². The predicted octanol–water partition coefficient (Wildman–Crippen LogP) is 1.10. The highest BCUT2D eigenvalue weighted by molar-refractivity contribution is 6.37. The second-order valence-corrected chi connectivity index (χ2v) is 3.38. The maximum absolute atomic E-state index is 11.4. The Balaban J connectivity index is 2.03. The summed E-state index contributed by atoms with van der Waals surface area (Å²) in [5, 5.41) is 3.78. The molecule has 1 fully saturated rings. The highest BCUT2D eigenvalue weighted by Gasteiger charge is 2.41. The third kappa shape index (κ3) is 1.41. The molecule has 4 nitrogen and oxygen atoms in total. The number of ether oxygens (including phenoxy) is 1. The SMILES string of the molecule is CCOC(=O)C1=NOC2CCCC12. The van der Waals surface area contributed by atoms with Gasteiger partial charge in [0, 0.05) is 0 Å². The minimum Gasteiger partial charge on any atom is -0.461 e. The lowest BCUT2D eigenvalue weighted by atomic mass is 10.0. The van der Waals surface area contributed by atoms with Crippen LogP contribution >= 0.6 is 0 Å². The summed E-state index contributed by atoms with van der Waals surface area (Å²) < 4.78 is 4.88. The highest BCUT2D eigenvalue weighted by atomic mass is 16.6. The molecule has 1 aliphatic heterocycles. The van der Waals surface area contributed by atoms with Gasteiger partial charge in [-0.15, -0.1) is 0 Å². The average Bonchev–Trinajstić information content (AvgIpc) is 2.62. The first kappa shape index (κ1) is 8.53. The Kier molecular flexibility index (Phi) is 2.20. The van der Waals surface area contributed by atoms with Gasteiger partial charge >= 0.3 is 5.97 Å². The molecule has 2 unspecified atom stereocenters. The van der Waals surface area contributed by atoms with E-state index in [1.807, 2.05) is 0 Å². The van der Waals surface area contributed by atoms with Crippen LogP contribution in [0.4, 0.5) is 0 Å². The van der Waals surface area contributed by atoms with E-state index in [0.717, 1.165) is 19.3 Å². The predicted molar refractivity (Wildman–Crippen MR) is 46.3 cm³/mol. The molecule has 0 N–H and O–H groups in total. The molecular weight excluding hydrogens is 170 g/mol. The van der Waals surface area contributed by atoms with Crippen molar-refractivity contribution in [1.82, 2.24) is 0 Å². The van der Waals surface area contributed by atoms with Crippen LogP contribution < -0.4 is 0 Å². The summed E-state index contributed by atoms with van der Waals surface area (Å²) >= 11 is 0. The number of nitrogens with zero attached hydrogens (tertiary/aromatic N) is 1. The van der Waals surface area contributed by atoms with Gasteiger partial charge in [0.15, 0.2) is 5.71 Å². The van der Waals surface area contributed by atoms with Gasteiger partial charge in [-0.2, -0.15) is 0 Å². The minimum absolute atomic E-state index is 0.138. The number of fused-ring (bicyclic) bond motifs is 1. The molecule has 4 heteroatoms. The van der Waals surface area contributed by atoms with Gasteiger partial charge in [0.05, 0.1) is 12.5 Å². The Morgan fingerprint density at radius 3 is 3.31 bits per heavy atom. The first-order valence-electron chi connectivity index (χ1n) is 4.73. The van der Waals surface area contributed by atoms with Crippen molar-refractivity contribution in [2.75, 3.05) is 6.61 Å². The topological polar surface area (TPSA) is 47.9 Å². The lowest BCUT2D eigenvalue weighted by molar-refractivity contribution is -0.135. The molecule has 2 atom stereocenters. The molecule has 0 amide bonds. The van der Waals surface area contributed by atoms with Gasteiger partial charge in [0.1, 0.15) is 6.10 Å². The summed E-state index contributed by atoms with van der Waals surface area (Å²) in [7, 11) is 0. The summed E-state index contributed by atoms with van der Waals surface area (Å²) in [6.45, 7) is 2.19. The van der Waals surface area contributed by atoms with E-state index >= 15 is 0 Å². The lowest BCUT2D eigenvalue weighted by Crippen LogP contribution is -2.26. The molecule has 0 aromatic carbocycles. The first-order valence-corrected chi connectivity index (χ1v) is 4.73. The Morgan fingerprint density at radius 1 is 1.69 bits per heavy atom. The number of rotatable bonds is 2. The fraction of sp³-hybridized carbons (Fsp3) is 0.778. The van der Waals surface area contributed by atoms with Gasteiger partial charge in [-0.05, 0) is 26.2 Å². The van der Waals surface area contributed by atoms with Crippen molar-refractivity contribution in [3.05, 3.63) is 0 Å². The number of carbonyl (C=O) groups excluding carboxylic acids is 1. The van der Waals surface area contributed by atoms with Gasteiger partial charge < -0.3 is 9.57 Å². The molecule has 2 rings (SSSR count). The van der Waals surface area contributed by atoms with Crippen LogP contribution in [-0.2, 0) is 14.4 Å². The number of hydrogen-bond acceptors (Lipinski definition) is 4. The van der Waals surface area contributed by atoms with Crippen molar-refractivity contribution in [2.24, 2.45) is 11.1 Å². The molecule has 0 aromatic rings. The van der Waals surface area contributed by atoms with Gasteiger partial charge in [0.25, 0.3) is 0 Å². The number of carbonyl (C=O) groups is 1. The van der Waals surface area contributed by atoms with Gasteiger partial charge in [0.2, 0.25) is 0 Å². The molecule has 0 saturated heterocycles. The van der Waals surface area contributed by atoms with E-state index in [-0.39, 0.29) is 18.0 Å². The highest BCUT2D eigenvalue weighted by Crippen LogP contribution is 2.34. The fourth-order valence-electron chi connectivity index (χ4n) is 1.95. The molecule has 1 saturated carbocycles. The van der Waals surface area contributed by atoms with Gasteiger partial charge in [-0.25, -0.2) is 4.79 Å². The van der Waals surface area contributed by atoms with Crippen molar-refractivity contribution in [3.63, 3.8) is 0 Å². The van der Waals surface area contributed by atoms with E-state index in [1.54, 1.807) is 6.92 Å². The van der Waals surface area contributed by atoms with Crippen molar-refractivity contribution in [1.29, 1.82) is 0 Å². The Bertz CT molecular complexity index is 249. The molecular formula is C9H13NO3. The normalized spacial score (nSPS) is 30.7. The summed E-state index contributed by atoms with van der Waals surface area (Å²) in [6.07, 6.45) is 3.27. The third-order valence-electron chi connectivity index (χ3n) is 2.57. The average molecular weight is 183 g/mol. The first-order chi connectivity index (χ1) is 6.33. The zero-order valence-corrected chi connectivity index (χ0v) is 7.66. The lowest BCUT2D eigenvalue weighted by Gasteiger charge is -2.07. The largest absolute Gasteiger partial charge is 0.461 e. The summed E-state index contributed by atoms with van der Waals surface area (Å²) in [4.78, 5) is 16.5. The van der Waals surface area contributed by atoms with Crippen molar-refractivity contribution < 1.29 is 14.4 Å². The smallest absolute Gasteiger partial charge is 0.356 e. The molecule has 1 aliphatic carbocycles. The molecule has 0 spiro atoms. The number of oxime groups is 1. The van der Waals surface area contributed by atoms with Crippen molar-refractivity contribution in [2.45, 2.75) is 32.3 Å². The van der Waals surface area contributed by atoms with E-state index in [9.17, 15) is 4.79 Å². The molecule has 1 heterocycles. The standard InChI is InChI=1S/C9H13NO3/c1-2-12-9(11)8-6-4-3-5-7(6)13-10-8/h6-7H,2-5H2,1H3. The number of esters is 1. The monoisotopic (exact) mass is 183 g/mol. The second kappa shape index (κ2) is 3.36. The zero-order chi connectivity index (χ0) is 9.26. The van der Waals surface area contributed by atoms with Gasteiger partial charge in [-0.3, -0.25) is 0 Å². The Morgan fingerprint density at radius 2 is 2.54 bits per heavy atom. The quantitative estimate of drug-likeness (QED) is 0.602. The van der Waals surface area contributed by atoms with Crippen LogP contribution in [0.15, 0.2) is 5.16 Å². The number of hydrogen-bond donors (Lipinski definition) is 0. The summed E-state index contributed by atoms with van der Waals surface area (Å²) in [5.41, 5.74) is 0.490. The summed E-state index contributed by atoms with van der Waals surface area (Å²) in [6, 6.07) is 0. The van der Waals surface area contributed by atoms with Crippen LogP contribution in [0.3, 0.4) is 0 Å². The zero-order valence-electron chi connectivity index (χ0n) is 7.66. The van der Waals surface area contributed by atoms with Crippen molar-refractivity contribution in [3.8, 4) is 0 Å². The van der Waals surface area contributed by atoms with Crippen LogP contribution in [0.1, 0.15) is 26.2 Å². The molecule has 0 aromatic heterocycles. The maximum atomic E-state index is 11.4. The molecule has 0 bridgehead atoms. The van der Waals surface area contributed by atoms with E-state index in [1.165, 1.54) is 0 Å². The van der Waals surface area contributed by atoms with Crippen LogP contribution in [-0.4, -0.2) is 24.4 Å².